The van der Waals surface area contributed by atoms with Crippen LogP contribution in [0.2, 0.25) is 0 Å². The van der Waals surface area contributed by atoms with Gasteiger partial charge < -0.3 is 15.5 Å². The van der Waals surface area contributed by atoms with Gasteiger partial charge in [-0.3, -0.25) is 9.59 Å². The molecule has 0 saturated carbocycles. The van der Waals surface area contributed by atoms with E-state index in [1.807, 2.05) is 24.3 Å². The van der Waals surface area contributed by atoms with Crippen LogP contribution in [0.4, 0.5) is 5.82 Å². The monoisotopic (exact) mass is 327 g/mol. The summed E-state index contributed by atoms with van der Waals surface area (Å²) < 4.78 is 0. The Morgan fingerprint density at radius 2 is 1.92 bits per heavy atom. The Labute approximate surface area is 141 Å². The number of hydrogen-bond acceptors (Lipinski definition) is 5. The van der Waals surface area contributed by atoms with E-state index in [1.165, 1.54) is 0 Å². The molecular formula is C17H21N5O2. The van der Waals surface area contributed by atoms with E-state index in [-0.39, 0.29) is 17.5 Å². The first-order valence-electron chi connectivity index (χ1n) is 7.61. The molecule has 24 heavy (non-hydrogen) atoms. The number of carbonyl (C=O) groups excluding carboxylic acids is 2. The quantitative estimate of drug-likeness (QED) is 0.832. The van der Waals surface area contributed by atoms with E-state index < -0.39 is 0 Å². The molecule has 1 aromatic carbocycles. The lowest BCUT2D eigenvalue weighted by Crippen LogP contribution is -2.21. The van der Waals surface area contributed by atoms with Crippen molar-refractivity contribution in [2.45, 2.75) is 6.42 Å². The lowest BCUT2D eigenvalue weighted by molar-refractivity contribution is 0.0827. The number of hydrogen-bond donors (Lipinski definition) is 2. The predicted octanol–water partition coefficient (Wildman–Crippen LogP) is 1.19. The Balaban J connectivity index is 1.91. The van der Waals surface area contributed by atoms with Crippen molar-refractivity contribution in [1.29, 1.82) is 0 Å². The Morgan fingerprint density at radius 3 is 2.54 bits per heavy atom. The molecule has 126 valence electrons. The van der Waals surface area contributed by atoms with Gasteiger partial charge in [0.05, 0.1) is 0 Å². The first-order valence-corrected chi connectivity index (χ1v) is 7.61. The van der Waals surface area contributed by atoms with Crippen LogP contribution < -0.4 is 10.6 Å². The average Bonchev–Trinajstić information content (AvgIpc) is 2.61. The standard InChI is InChI=1S/C17H21N5O2/c1-18-16(23)14-7-8-15(21-20-14)19-10-9-12-5-4-6-13(11-12)17(24)22(2)3/h4-8,11H,9-10H2,1-3H3,(H,18,23)(H,19,21). The molecule has 0 aliphatic carbocycles. The van der Waals surface area contributed by atoms with E-state index in [2.05, 4.69) is 20.8 Å². The molecule has 1 heterocycles. The van der Waals surface area contributed by atoms with Crippen LogP contribution in [0.15, 0.2) is 36.4 Å². The largest absolute Gasteiger partial charge is 0.368 e. The molecule has 7 heteroatoms. The number of carbonyl (C=O) groups is 2. The summed E-state index contributed by atoms with van der Waals surface area (Å²) in [6, 6.07) is 10.9. The lowest BCUT2D eigenvalue weighted by atomic mass is 10.1. The van der Waals surface area contributed by atoms with Crippen LogP contribution in [-0.4, -0.2) is 54.6 Å². The Morgan fingerprint density at radius 1 is 1.12 bits per heavy atom. The summed E-state index contributed by atoms with van der Waals surface area (Å²) in [4.78, 5) is 24.9. The summed E-state index contributed by atoms with van der Waals surface area (Å²) in [7, 11) is 5.01. The van der Waals surface area contributed by atoms with E-state index >= 15 is 0 Å². The second kappa shape index (κ2) is 8.05. The number of benzene rings is 1. The van der Waals surface area contributed by atoms with Crippen LogP contribution in [0.25, 0.3) is 0 Å². The van der Waals surface area contributed by atoms with E-state index in [4.69, 9.17) is 0 Å². The van der Waals surface area contributed by atoms with Gasteiger partial charge in [0.2, 0.25) is 0 Å². The van der Waals surface area contributed by atoms with Gasteiger partial charge in [-0.05, 0) is 36.2 Å². The minimum atomic E-state index is -0.267. The normalized spacial score (nSPS) is 10.1. The van der Waals surface area contributed by atoms with Gasteiger partial charge in [0, 0.05) is 33.3 Å². The highest BCUT2D eigenvalue weighted by Crippen LogP contribution is 2.09. The summed E-state index contributed by atoms with van der Waals surface area (Å²) in [5.41, 5.74) is 2.01. The molecule has 0 aliphatic heterocycles. The molecule has 0 spiro atoms. The summed E-state index contributed by atoms with van der Waals surface area (Å²) in [6.07, 6.45) is 0.743. The number of nitrogens with zero attached hydrogens (tertiary/aromatic N) is 3. The number of anilines is 1. The highest BCUT2D eigenvalue weighted by molar-refractivity contribution is 5.94. The van der Waals surface area contributed by atoms with Crippen LogP contribution in [-0.2, 0) is 6.42 Å². The van der Waals surface area contributed by atoms with Gasteiger partial charge in [0.15, 0.2) is 5.69 Å². The third-order valence-electron chi connectivity index (χ3n) is 3.42. The highest BCUT2D eigenvalue weighted by Gasteiger charge is 2.08. The fourth-order valence-corrected chi connectivity index (χ4v) is 2.13. The smallest absolute Gasteiger partial charge is 0.271 e. The van der Waals surface area contributed by atoms with Crippen molar-refractivity contribution in [2.24, 2.45) is 0 Å². The van der Waals surface area contributed by atoms with E-state index in [9.17, 15) is 9.59 Å². The zero-order valence-corrected chi connectivity index (χ0v) is 14.0. The minimum absolute atomic E-state index is 0.0135. The first kappa shape index (κ1) is 17.4. The van der Waals surface area contributed by atoms with Crippen molar-refractivity contribution < 1.29 is 9.59 Å². The molecule has 0 bridgehead atoms. The van der Waals surface area contributed by atoms with Crippen molar-refractivity contribution >= 4 is 17.6 Å². The molecule has 2 rings (SSSR count). The zero-order valence-electron chi connectivity index (χ0n) is 14.0. The Hall–Kier alpha value is -2.96. The maximum absolute atomic E-state index is 12.0. The minimum Gasteiger partial charge on any atom is -0.368 e. The molecule has 0 aliphatic rings. The molecule has 0 radical (unpaired) electrons. The van der Waals surface area contributed by atoms with Gasteiger partial charge in [-0.15, -0.1) is 10.2 Å². The Kier molecular flexibility index (Phi) is 5.83. The van der Waals surface area contributed by atoms with Crippen LogP contribution >= 0.6 is 0 Å². The maximum atomic E-state index is 12.0. The van der Waals surface area contributed by atoms with Crippen LogP contribution in [0, 0.1) is 0 Å². The van der Waals surface area contributed by atoms with E-state index in [1.54, 1.807) is 38.2 Å². The lowest BCUT2D eigenvalue weighted by Gasteiger charge is -2.11. The topological polar surface area (TPSA) is 87.2 Å². The van der Waals surface area contributed by atoms with Gasteiger partial charge in [-0.25, -0.2) is 0 Å². The van der Waals surface area contributed by atoms with Gasteiger partial charge in [0.1, 0.15) is 5.82 Å². The molecule has 0 unspecified atom stereocenters. The second-order valence-corrected chi connectivity index (χ2v) is 5.46. The van der Waals surface area contributed by atoms with E-state index in [0.717, 1.165) is 12.0 Å². The summed E-state index contributed by atoms with van der Waals surface area (Å²) in [5, 5.41) is 13.5. The van der Waals surface area contributed by atoms with Crippen molar-refractivity contribution in [3.63, 3.8) is 0 Å². The van der Waals surface area contributed by atoms with Gasteiger partial charge in [-0.1, -0.05) is 12.1 Å². The molecule has 1 aromatic heterocycles. The van der Waals surface area contributed by atoms with Crippen LogP contribution in [0.1, 0.15) is 26.4 Å². The highest BCUT2D eigenvalue weighted by atomic mass is 16.2. The third-order valence-corrected chi connectivity index (χ3v) is 3.42. The molecule has 2 N–H and O–H groups in total. The second-order valence-electron chi connectivity index (χ2n) is 5.46. The van der Waals surface area contributed by atoms with E-state index in [0.29, 0.717) is 17.9 Å². The third kappa shape index (κ3) is 4.52. The van der Waals surface area contributed by atoms with Crippen molar-refractivity contribution in [3.8, 4) is 0 Å². The number of nitrogens with one attached hydrogen (secondary N) is 2. The maximum Gasteiger partial charge on any atom is 0.271 e. The molecule has 7 nitrogen and oxygen atoms in total. The molecule has 2 amide bonds. The Bertz CT molecular complexity index is 713. The van der Waals surface area contributed by atoms with Gasteiger partial charge >= 0.3 is 0 Å². The fraction of sp³-hybridized carbons (Fsp3) is 0.294. The SMILES string of the molecule is CNC(=O)c1ccc(NCCc2cccc(C(=O)N(C)C)c2)nn1. The summed E-state index contributed by atoms with van der Waals surface area (Å²) in [5.74, 6) is 0.320. The van der Waals surface area contributed by atoms with Crippen molar-refractivity contribution in [2.75, 3.05) is 33.0 Å². The van der Waals surface area contributed by atoms with Gasteiger partial charge in [-0.2, -0.15) is 0 Å². The van der Waals surface area contributed by atoms with Gasteiger partial charge in [0.25, 0.3) is 11.8 Å². The average molecular weight is 327 g/mol. The number of amides is 2. The predicted molar refractivity (Wildman–Crippen MR) is 92.1 cm³/mol. The zero-order chi connectivity index (χ0) is 17.5. The molecule has 0 saturated heterocycles. The summed E-state index contributed by atoms with van der Waals surface area (Å²) >= 11 is 0. The van der Waals surface area contributed by atoms with Crippen molar-refractivity contribution in [1.82, 2.24) is 20.4 Å². The molecule has 0 atom stereocenters. The molecule has 0 fully saturated rings. The summed E-state index contributed by atoms with van der Waals surface area (Å²) in [6.45, 7) is 0.646. The number of rotatable bonds is 6. The number of aromatic nitrogens is 2. The van der Waals surface area contributed by atoms with Crippen LogP contribution in [0.3, 0.4) is 0 Å². The van der Waals surface area contributed by atoms with Crippen molar-refractivity contribution in [3.05, 3.63) is 53.2 Å². The first-order chi connectivity index (χ1) is 11.5. The fourth-order valence-electron chi connectivity index (χ4n) is 2.13. The molecule has 2 aromatic rings. The molecular weight excluding hydrogens is 306 g/mol. The van der Waals surface area contributed by atoms with Crippen LogP contribution in [0.5, 0.6) is 0 Å².